The van der Waals surface area contributed by atoms with Gasteiger partial charge in [0.1, 0.15) is 10.8 Å². The predicted octanol–water partition coefficient (Wildman–Crippen LogP) is 5.64. The minimum absolute atomic E-state index is 0.0220. The highest BCUT2D eigenvalue weighted by Gasteiger charge is 2.36. The number of aromatic nitrogens is 4. The smallest absolute Gasteiger partial charge is 0.337 e. The van der Waals surface area contributed by atoms with Gasteiger partial charge in [0, 0.05) is 25.0 Å². The molecule has 0 amide bonds. The topological polar surface area (TPSA) is 229 Å². The van der Waals surface area contributed by atoms with Crippen LogP contribution in [0.3, 0.4) is 0 Å². The summed E-state index contributed by atoms with van der Waals surface area (Å²) in [6.45, 7) is 2.24. The molecule has 300 valence electrons. The van der Waals surface area contributed by atoms with Crippen LogP contribution in [-0.4, -0.2) is 51.3 Å². The fraction of sp³-hybridized carbons (Fsp3) is 0.590. The van der Waals surface area contributed by atoms with Gasteiger partial charge in [0.05, 0.1) is 22.9 Å². The van der Waals surface area contributed by atoms with E-state index in [9.17, 15) is 27.6 Å². The SMILES string of the molecule is CC1(CCCc2cc(=O)oc3nc(ON=C4CCS(=O)(=O)CC4)[nH]c(=O)c23)CC1.O=c1cc(CC2CCCCC2)c2c(=O)[nH]c(ON=C3CCCCC3)nc2o1. The van der Waals surface area contributed by atoms with Gasteiger partial charge in [0.2, 0.25) is 11.4 Å². The number of aromatic amines is 2. The van der Waals surface area contributed by atoms with Gasteiger partial charge in [0.15, 0.2) is 9.84 Å². The summed E-state index contributed by atoms with van der Waals surface area (Å²) >= 11 is 0. The van der Waals surface area contributed by atoms with Gasteiger partial charge in [-0.25, -0.2) is 18.0 Å². The van der Waals surface area contributed by atoms with E-state index in [1.165, 1.54) is 50.7 Å². The average molecular weight is 793 g/mol. The molecule has 8 rings (SSSR count). The lowest BCUT2D eigenvalue weighted by atomic mass is 9.84. The van der Waals surface area contributed by atoms with Crippen molar-refractivity contribution in [3.05, 3.63) is 64.8 Å². The summed E-state index contributed by atoms with van der Waals surface area (Å²) in [7, 11) is -3.02. The van der Waals surface area contributed by atoms with E-state index in [4.69, 9.17) is 18.5 Å². The van der Waals surface area contributed by atoms with E-state index >= 15 is 0 Å². The number of sulfone groups is 1. The van der Waals surface area contributed by atoms with Gasteiger partial charge in [-0.3, -0.25) is 19.6 Å². The number of nitrogens with zero attached hydrogens (tertiary/aromatic N) is 4. The summed E-state index contributed by atoms with van der Waals surface area (Å²) in [5.41, 5.74) is 1.33. The van der Waals surface area contributed by atoms with Crippen LogP contribution in [0.5, 0.6) is 12.0 Å². The number of rotatable bonds is 10. The van der Waals surface area contributed by atoms with Gasteiger partial charge in [-0.1, -0.05) is 55.8 Å². The maximum absolute atomic E-state index is 12.6. The molecule has 1 aliphatic heterocycles. The Labute approximate surface area is 322 Å². The first kappa shape index (κ1) is 39.3. The van der Waals surface area contributed by atoms with E-state index in [2.05, 4.69) is 37.2 Å². The van der Waals surface area contributed by atoms with Crippen LogP contribution < -0.4 is 32.0 Å². The van der Waals surface area contributed by atoms with Crippen molar-refractivity contribution in [3.8, 4) is 12.0 Å². The molecular formula is C39H48N6O10S. The minimum Gasteiger partial charge on any atom is -0.403 e. The van der Waals surface area contributed by atoms with Crippen molar-refractivity contribution in [2.45, 2.75) is 122 Å². The van der Waals surface area contributed by atoms with Crippen LogP contribution >= 0.6 is 0 Å². The molecule has 0 aromatic carbocycles. The highest BCUT2D eigenvalue weighted by atomic mass is 32.2. The summed E-state index contributed by atoms with van der Waals surface area (Å²) in [6.07, 6.45) is 17.4. The molecule has 3 aliphatic carbocycles. The normalized spacial score (nSPS) is 19.2. The van der Waals surface area contributed by atoms with E-state index < -0.39 is 26.6 Å². The zero-order valence-corrected chi connectivity index (χ0v) is 32.5. The van der Waals surface area contributed by atoms with Crippen LogP contribution in [0.15, 0.2) is 50.5 Å². The lowest BCUT2D eigenvalue weighted by Gasteiger charge is -2.21. The summed E-state index contributed by atoms with van der Waals surface area (Å²) in [6, 6.07) is 2.53. The maximum atomic E-state index is 12.6. The number of hydrogen-bond donors (Lipinski definition) is 2. The van der Waals surface area contributed by atoms with Crippen molar-refractivity contribution in [1.29, 1.82) is 0 Å². The zero-order valence-electron chi connectivity index (χ0n) is 31.7. The zero-order chi connectivity index (χ0) is 39.3. The van der Waals surface area contributed by atoms with Gasteiger partial charge < -0.3 is 18.5 Å². The Hall–Kier alpha value is -4.93. The fourth-order valence-corrected chi connectivity index (χ4v) is 9.00. The largest absolute Gasteiger partial charge is 0.403 e. The molecular weight excluding hydrogens is 745 g/mol. The standard InChI is InChI=1S/C20H25N3O4.C19H23N3O6S/c24-16-12-14(11-13-7-3-1-4-8-13)17-18(25)21-20(22-19(17)26-16)27-23-15-9-5-2-6-10-15;1-19(7-8-19)6-2-3-12-11-14(23)27-17-15(12)16(24)20-18(21-17)28-22-13-4-9-29(25,26)10-5-13/h12-13H,1-11H2,(H,21,22,25);11H,2-10H2,1H3,(H,20,21,24). The van der Waals surface area contributed by atoms with E-state index in [0.717, 1.165) is 57.1 Å². The Morgan fingerprint density at radius 2 is 1.27 bits per heavy atom. The summed E-state index contributed by atoms with van der Waals surface area (Å²) in [4.78, 5) is 73.0. The Balaban J connectivity index is 0.000000172. The molecule has 5 heterocycles. The van der Waals surface area contributed by atoms with Gasteiger partial charge >= 0.3 is 23.3 Å². The van der Waals surface area contributed by atoms with Crippen molar-refractivity contribution in [3.63, 3.8) is 0 Å². The van der Waals surface area contributed by atoms with Crippen molar-refractivity contribution in [1.82, 2.24) is 19.9 Å². The van der Waals surface area contributed by atoms with E-state index in [1.54, 1.807) is 0 Å². The second-order valence-electron chi connectivity index (χ2n) is 15.9. The van der Waals surface area contributed by atoms with Gasteiger partial charge in [0.25, 0.3) is 11.1 Å². The molecule has 0 bridgehead atoms. The van der Waals surface area contributed by atoms with Gasteiger partial charge in [-0.15, -0.1) is 0 Å². The van der Waals surface area contributed by atoms with Crippen molar-refractivity contribution >= 4 is 43.5 Å². The molecule has 0 spiro atoms. The van der Waals surface area contributed by atoms with E-state index in [-0.39, 0.29) is 58.7 Å². The molecule has 4 aliphatic rings. The molecule has 17 heteroatoms. The number of H-pyrrole nitrogens is 2. The molecule has 0 unspecified atom stereocenters. The Morgan fingerprint density at radius 1 is 0.750 bits per heavy atom. The first-order chi connectivity index (χ1) is 26.9. The molecule has 4 aromatic heterocycles. The monoisotopic (exact) mass is 792 g/mol. The van der Waals surface area contributed by atoms with Gasteiger partial charge in [-0.05, 0) is 86.7 Å². The first-order valence-electron chi connectivity index (χ1n) is 19.7. The third-order valence-electron chi connectivity index (χ3n) is 11.3. The first-order valence-corrected chi connectivity index (χ1v) is 21.5. The van der Waals surface area contributed by atoms with Crippen LogP contribution in [-0.2, 0) is 22.7 Å². The predicted molar refractivity (Wildman–Crippen MR) is 209 cm³/mol. The number of nitrogens with one attached hydrogen (secondary N) is 2. The highest BCUT2D eigenvalue weighted by molar-refractivity contribution is 7.91. The summed E-state index contributed by atoms with van der Waals surface area (Å²) < 4.78 is 33.2. The third kappa shape index (κ3) is 10.3. The molecule has 2 N–H and O–H groups in total. The molecule has 0 radical (unpaired) electrons. The quantitative estimate of drug-likeness (QED) is 0.186. The van der Waals surface area contributed by atoms with E-state index in [0.29, 0.717) is 46.4 Å². The number of hydrogen-bond acceptors (Lipinski definition) is 14. The summed E-state index contributed by atoms with van der Waals surface area (Å²) in [5.74, 6) is 0.541. The van der Waals surface area contributed by atoms with Gasteiger partial charge in [-0.2, -0.15) is 9.97 Å². The molecule has 4 aromatic rings. The Bertz CT molecular complexity index is 2470. The average Bonchev–Trinajstić information content (AvgIpc) is 3.90. The molecule has 4 fully saturated rings. The lowest BCUT2D eigenvalue weighted by molar-refractivity contribution is 0.307. The van der Waals surface area contributed by atoms with Crippen LogP contribution in [0.1, 0.15) is 121 Å². The molecule has 16 nitrogen and oxygen atoms in total. The molecule has 3 saturated carbocycles. The van der Waals surface area contributed by atoms with Crippen molar-refractivity contribution in [2.75, 3.05) is 11.5 Å². The number of fused-ring (bicyclic) bond motifs is 2. The van der Waals surface area contributed by atoms with E-state index in [1.807, 2.05) is 0 Å². The van der Waals surface area contributed by atoms with Crippen LogP contribution in [0.4, 0.5) is 0 Å². The second-order valence-corrected chi connectivity index (χ2v) is 18.2. The molecule has 1 saturated heterocycles. The fourth-order valence-electron chi connectivity index (χ4n) is 7.71. The lowest BCUT2D eigenvalue weighted by Crippen LogP contribution is -2.23. The number of aryl methyl sites for hydroxylation is 1. The molecule has 56 heavy (non-hydrogen) atoms. The van der Waals surface area contributed by atoms with Crippen molar-refractivity contribution < 1.29 is 26.9 Å². The number of oxime groups is 2. The summed E-state index contributed by atoms with van der Waals surface area (Å²) in [5, 5.41) is 8.59. The highest BCUT2D eigenvalue weighted by Crippen LogP contribution is 2.49. The minimum atomic E-state index is -3.02. The van der Waals surface area contributed by atoms with Crippen LogP contribution in [0.25, 0.3) is 22.2 Å². The Morgan fingerprint density at radius 3 is 1.84 bits per heavy atom. The van der Waals surface area contributed by atoms with Crippen LogP contribution in [0, 0.1) is 11.3 Å². The second kappa shape index (κ2) is 17.1. The molecule has 0 atom stereocenters. The third-order valence-corrected chi connectivity index (χ3v) is 12.9. The van der Waals surface area contributed by atoms with Crippen molar-refractivity contribution in [2.24, 2.45) is 21.6 Å². The Kier molecular flexibility index (Phi) is 12.0. The van der Waals surface area contributed by atoms with Crippen LogP contribution in [0.2, 0.25) is 0 Å². The maximum Gasteiger partial charge on any atom is 0.337 e.